The fraction of sp³-hybridized carbons (Fsp3) is 0.120. The molecule has 1 aliphatic heterocycles. The zero-order valence-corrected chi connectivity index (χ0v) is 17.7. The van der Waals surface area contributed by atoms with Crippen LogP contribution in [0.2, 0.25) is 0 Å². The van der Waals surface area contributed by atoms with Gasteiger partial charge in [-0.2, -0.15) is 0 Å². The van der Waals surface area contributed by atoms with Crippen LogP contribution in [-0.2, 0) is 16.0 Å². The second-order valence-corrected chi connectivity index (χ2v) is 7.46. The number of anilines is 2. The molecule has 2 amide bonds. The van der Waals surface area contributed by atoms with Gasteiger partial charge in [0.1, 0.15) is 5.70 Å². The van der Waals surface area contributed by atoms with Gasteiger partial charge < -0.3 is 5.32 Å². The molecule has 3 aromatic rings. The molecule has 0 radical (unpaired) electrons. The van der Waals surface area contributed by atoms with E-state index in [2.05, 4.69) is 12.2 Å². The summed E-state index contributed by atoms with van der Waals surface area (Å²) in [7, 11) is 0. The minimum absolute atomic E-state index is 0.0912. The van der Waals surface area contributed by atoms with Crippen molar-refractivity contribution < 1.29 is 14.5 Å². The molecule has 160 valence electrons. The van der Waals surface area contributed by atoms with E-state index in [1.165, 1.54) is 24.3 Å². The summed E-state index contributed by atoms with van der Waals surface area (Å²) in [6.07, 6.45) is 0.884. The third-order valence-corrected chi connectivity index (χ3v) is 5.44. The number of carbonyl (C=O) groups is 2. The van der Waals surface area contributed by atoms with E-state index in [1.54, 1.807) is 12.1 Å². The second-order valence-electron chi connectivity index (χ2n) is 7.46. The molecule has 7 heteroatoms. The Labute approximate surface area is 185 Å². The van der Waals surface area contributed by atoms with Crippen molar-refractivity contribution in [2.24, 2.45) is 0 Å². The molecule has 1 aliphatic rings. The number of aryl methyl sites for hydroxylation is 2. The van der Waals surface area contributed by atoms with Gasteiger partial charge in [0.05, 0.1) is 16.2 Å². The van der Waals surface area contributed by atoms with Gasteiger partial charge in [-0.1, -0.05) is 37.3 Å². The summed E-state index contributed by atoms with van der Waals surface area (Å²) in [4.78, 5) is 38.6. The maximum Gasteiger partial charge on any atom is 0.282 e. The average molecular weight is 427 g/mol. The van der Waals surface area contributed by atoms with E-state index in [9.17, 15) is 19.7 Å². The van der Waals surface area contributed by atoms with Crippen LogP contribution in [0, 0.1) is 17.0 Å². The maximum atomic E-state index is 13.5. The first-order valence-corrected chi connectivity index (χ1v) is 10.2. The van der Waals surface area contributed by atoms with Crippen LogP contribution >= 0.6 is 0 Å². The Morgan fingerprint density at radius 3 is 2.16 bits per heavy atom. The Hall–Kier alpha value is -4.26. The van der Waals surface area contributed by atoms with Gasteiger partial charge in [0.15, 0.2) is 0 Å². The maximum absolute atomic E-state index is 13.5. The summed E-state index contributed by atoms with van der Waals surface area (Å²) >= 11 is 0. The zero-order valence-electron chi connectivity index (χ0n) is 17.7. The van der Waals surface area contributed by atoms with E-state index in [-0.39, 0.29) is 17.0 Å². The molecule has 0 aromatic heterocycles. The monoisotopic (exact) mass is 427 g/mol. The van der Waals surface area contributed by atoms with Gasteiger partial charge >= 0.3 is 0 Å². The number of carbonyl (C=O) groups excluding carboxylic acids is 2. The Morgan fingerprint density at radius 1 is 0.906 bits per heavy atom. The SMILES string of the molecule is CCc1ccc(NC2=C(c3ccc([N+](=O)[O-])cc3)C(=O)N(c3ccccc3C)C2=O)cc1. The number of nitrogens with zero attached hydrogens (tertiary/aromatic N) is 2. The van der Waals surface area contributed by atoms with Crippen LogP contribution in [0.15, 0.2) is 78.5 Å². The Balaban J connectivity index is 1.81. The number of nitro benzene ring substituents is 1. The van der Waals surface area contributed by atoms with Gasteiger partial charge in [-0.15, -0.1) is 0 Å². The largest absolute Gasteiger partial charge is 0.350 e. The van der Waals surface area contributed by atoms with Crippen LogP contribution in [0.1, 0.15) is 23.6 Å². The average Bonchev–Trinajstić information content (AvgIpc) is 3.04. The first-order chi connectivity index (χ1) is 15.4. The highest BCUT2D eigenvalue weighted by Crippen LogP contribution is 2.35. The van der Waals surface area contributed by atoms with E-state index in [0.717, 1.165) is 22.4 Å². The predicted octanol–water partition coefficient (Wildman–Crippen LogP) is 4.86. The standard InChI is InChI=1S/C25H21N3O4/c1-3-17-8-12-19(13-9-17)26-23-22(18-10-14-20(15-11-18)28(31)32)24(29)27(25(23)30)21-7-5-4-6-16(21)2/h4-15,26H,3H2,1-2H3. The molecule has 0 spiro atoms. The Morgan fingerprint density at radius 2 is 1.56 bits per heavy atom. The van der Waals surface area contributed by atoms with Crippen molar-refractivity contribution in [1.29, 1.82) is 0 Å². The van der Waals surface area contributed by atoms with E-state index >= 15 is 0 Å². The molecule has 4 rings (SSSR count). The van der Waals surface area contributed by atoms with Crippen molar-refractivity contribution in [3.8, 4) is 0 Å². The summed E-state index contributed by atoms with van der Waals surface area (Å²) < 4.78 is 0. The van der Waals surface area contributed by atoms with Crippen LogP contribution in [0.4, 0.5) is 17.1 Å². The van der Waals surface area contributed by atoms with Crippen molar-refractivity contribution in [2.45, 2.75) is 20.3 Å². The Bertz CT molecular complexity index is 1240. The number of nitrogens with one attached hydrogen (secondary N) is 1. The summed E-state index contributed by atoms with van der Waals surface area (Å²) in [6.45, 7) is 3.88. The number of non-ortho nitro benzene ring substituents is 1. The molecule has 0 fully saturated rings. The molecule has 7 nitrogen and oxygen atoms in total. The fourth-order valence-corrected chi connectivity index (χ4v) is 3.66. The zero-order chi connectivity index (χ0) is 22.8. The smallest absolute Gasteiger partial charge is 0.282 e. The number of hydrogen-bond acceptors (Lipinski definition) is 5. The number of rotatable bonds is 6. The normalized spacial score (nSPS) is 13.6. The van der Waals surface area contributed by atoms with E-state index < -0.39 is 16.7 Å². The number of imide groups is 1. The molecule has 0 saturated carbocycles. The molecule has 1 N–H and O–H groups in total. The van der Waals surface area contributed by atoms with Gasteiger partial charge in [0.25, 0.3) is 17.5 Å². The van der Waals surface area contributed by atoms with E-state index in [0.29, 0.717) is 16.9 Å². The lowest BCUT2D eigenvalue weighted by Crippen LogP contribution is -2.33. The van der Waals surface area contributed by atoms with Gasteiger partial charge in [0.2, 0.25) is 0 Å². The summed E-state index contributed by atoms with van der Waals surface area (Å²) in [5, 5.41) is 14.1. The number of benzene rings is 3. The number of para-hydroxylation sites is 1. The van der Waals surface area contributed by atoms with E-state index in [1.807, 2.05) is 43.3 Å². The van der Waals surface area contributed by atoms with Crippen molar-refractivity contribution >= 4 is 34.4 Å². The van der Waals surface area contributed by atoms with Crippen LogP contribution in [0.5, 0.6) is 0 Å². The topological polar surface area (TPSA) is 92.6 Å². The van der Waals surface area contributed by atoms with Crippen LogP contribution in [-0.4, -0.2) is 16.7 Å². The third kappa shape index (κ3) is 3.76. The van der Waals surface area contributed by atoms with Gasteiger partial charge in [-0.05, 0) is 60.4 Å². The molecule has 0 unspecified atom stereocenters. The second kappa shape index (κ2) is 8.47. The summed E-state index contributed by atoms with van der Waals surface area (Å²) in [5.41, 5.74) is 3.75. The van der Waals surface area contributed by atoms with Gasteiger partial charge in [-0.25, -0.2) is 4.90 Å². The van der Waals surface area contributed by atoms with Crippen molar-refractivity contribution in [3.63, 3.8) is 0 Å². The summed E-state index contributed by atoms with van der Waals surface area (Å²) in [6, 6.07) is 20.4. The molecule has 0 saturated heterocycles. The van der Waals surface area contributed by atoms with Gasteiger partial charge in [-0.3, -0.25) is 19.7 Å². The molecule has 32 heavy (non-hydrogen) atoms. The molecule has 0 aliphatic carbocycles. The predicted molar refractivity (Wildman–Crippen MR) is 123 cm³/mol. The molecule has 0 atom stereocenters. The minimum atomic E-state index is -0.506. The van der Waals surface area contributed by atoms with Crippen LogP contribution in [0.25, 0.3) is 5.57 Å². The number of nitro groups is 1. The number of hydrogen-bond donors (Lipinski definition) is 1. The molecule has 0 bridgehead atoms. The first-order valence-electron chi connectivity index (χ1n) is 10.2. The van der Waals surface area contributed by atoms with Crippen molar-refractivity contribution in [1.82, 2.24) is 0 Å². The number of amides is 2. The van der Waals surface area contributed by atoms with Crippen molar-refractivity contribution in [3.05, 3.63) is 105 Å². The Kier molecular flexibility index (Phi) is 5.55. The van der Waals surface area contributed by atoms with Gasteiger partial charge in [0, 0.05) is 17.8 Å². The third-order valence-electron chi connectivity index (χ3n) is 5.44. The van der Waals surface area contributed by atoms with E-state index in [4.69, 9.17) is 0 Å². The fourth-order valence-electron chi connectivity index (χ4n) is 3.66. The first kappa shape index (κ1) is 21.0. The molecular formula is C25H21N3O4. The van der Waals surface area contributed by atoms with Crippen LogP contribution < -0.4 is 10.2 Å². The highest BCUT2D eigenvalue weighted by molar-refractivity contribution is 6.46. The molecule has 3 aromatic carbocycles. The lowest BCUT2D eigenvalue weighted by Gasteiger charge is -2.17. The molecular weight excluding hydrogens is 406 g/mol. The van der Waals surface area contributed by atoms with Crippen molar-refractivity contribution in [2.75, 3.05) is 10.2 Å². The molecule has 1 heterocycles. The highest BCUT2D eigenvalue weighted by atomic mass is 16.6. The quantitative estimate of drug-likeness (QED) is 0.344. The highest BCUT2D eigenvalue weighted by Gasteiger charge is 2.40. The lowest BCUT2D eigenvalue weighted by molar-refractivity contribution is -0.384. The van der Waals surface area contributed by atoms with Crippen LogP contribution in [0.3, 0.4) is 0 Å². The minimum Gasteiger partial charge on any atom is -0.350 e. The lowest BCUT2D eigenvalue weighted by atomic mass is 10.0. The summed E-state index contributed by atoms with van der Waals surface area (Å²) in [5.74, 6) is -0.956.